The van der Waals surface area contributed by atoms with E-state index in [0.29, 0.717) is 5.69 Å². The summed E-state index contributed by atoms with van der Waals surface area (Å²) in [5.41, 5.74) is 6.10. The Kier molecular flexibility index (Phi) is 4.24. The lowest BCUT2D eigenvalue weighted by atomic mass is 10.2. The first-order valence-corrected chi connectivity index (χ1v) is 7.61. The van der Waals surface area contributed by atoms with Gasteiger partial charge >= 0.3 is 0 Å². The lowest BCUT2D eigenvalue weighted by Crippen LogP contribution is -2.14. The molecule has 2 aromatic carbocycles. The maximum Gasteiger partial charge on any atom is 0.263 e. The van der Waals surface area contributed by atoms with E-state index in [9.17, 15) is 12.8 Å². The topological polar surface area (TPSA) is 81.4 Å². The fraction of sp³-hybridized carbons (Fsp3) is 0.0769. The SMILES string of the molecule is COc1ccc(N)cc1NS(=O)(=O)c1cc(F)ccc1Cl. The number of nitrogen functional groups attached to an aromatic ring is 1. The van der Waals surface area contributed by atoms with Crippen LogP contribution in [0.1, 0.15) is 0 Å². The average molecular weight is 331 g/mol. The van der Waals surface area contributed by atoms with Crippen LogP contribution in [0, 0.1) is 5.82 Å². The van der Waals surface area contributed by atoms with Gasteiger partial charge in [0.25, 0.3) is 10.0 Å². The van der Waals surface area contributed by atoms with Gasteiger partial charge in [-0.15, -0.1) is 0 Å². The van der Waals surface area contributed by atoms with Gasteiger partial charge in [0.15, 0.2) is 0 Å². The van der Waals surface area contributed by atoms with E-state index >= 15 is 0 Å². The third kappa shape index (κ3) is 3.37. The molecule has 0 amide bonds. The van der Waals surface area contributed by atoms with E-state index in [4.69, 9.17) is 22.1 Å². The van der Waals surface area contributed by atoms with Gasteiger partial charge in [-0.05, 0) is 36.4 Å². The molecule has 0 radical (unpaired) electrons. The lowest BCUT2D eigenvalue weighted by molar-refractivity contribution is 0.417. The predicted molar refractivity (Wildman–Crippen MR) is 79.6 cm³/mol. The van der Waals surface area contributed by atoms with Gasteiger partial charge < -0.3 is 10.5 Å². The molecule has 0 fully saturated rings. The number of benzene rings is 2. The van der Waals surface area contributed by atoms with Crippen LogP contribution in [0.2, 0.25) is 5.02 Å². The Bertz CT molecular complexity index is 781. The summed E-state index contributed by atoms with van der Waals surface area (Å²) in [4.78, 5) is -0.367. The van der Waals surface area contributed by atoms with Crippen LogP contribution in [0.15, 0.2) is 41.3 Å². The van der Waals surface area contributed by atoms with Crippen molar-refractivity contribution >= 4 is 33.0 Å². The van der Waals surface area contributed by atoms with Crippen LogP contribution in [-0.4, -0.2) is 15.5 Å². The molecule has 0 aliphatic rings. The van der Waals surface area contributed by atoms with Crippen LogP contribution in [0.25, 0.3) is 0 Å². The number of hydrogen-bond acceptors (Lipinski definition) is 4. The Labute approximate surface area is 126 Å². The summed E-state index contributed by atoms with van der Waals surface area (Å²) in [7, 11) is -2.69. The number of sulfonamides is 1. The molecule has 2 aromatic rings. The van der Waals surface area contributed by atoms with Gasteiger partial charge in [-0.25, -0.2) is 12.8 Å². The zero-order valence-electron chi connectivity index (χ0n) is 10.9. The smallest absolute Gasteiger partial charge is 0.263 e. The van der Waals surface area contributed by atoms with Crippen molar-refractivity contribution in [3.05, 3.63) is 47.2 Å². The standard InChI is InChI=1S/C13H12ClFN2O3S/c1-20-12-5-3-9(16)7-11(12)17-21(18,19)13-6-8(15)2-4-10(13)14/h2-7,17H,16H2,1H3. The monoisotopic (exact) mass is 330 g/mol. The average Bonchev–Trinajstić information content (AvgIpc) is 2.41. The highest BCUT2D eigenvalue weighted by Gasteiger charge is 2.20. The van der Waals surface area contributed by atoms with E-state index in [0.717, 1.165) is 12.1 Å². The van der Waals surface area contributed by atoms with E-state index in [2.05, 4.69) is 4.72 Å². The number of methoxy groups -OCH3 is 1. The second-order valence-electron chi connectivity index (χ2n) is 4.14. The highest BCUT2D eigenvalue weighted by molar-refractivity contribution is 7.92. The molecule has 21 heavy (non-hydrogen) atoms. The minimum Gasteiger partial charge on any atom is -0.495 e. The zero-order valence-corrected chi connectivity index (χ0v) is 12.5. The molecule has 8 heteroatoms. The van der Waals surface area contributed by atoms with Crippen LogP contribution >= 0.6 is 11.6 Å². The van der Waals surface area contributed by atoms with Crippen molar-refractivity contribution in [1.82, 2.24) is 0 Å². The normalized spacial score (nSPS) is 11.2. The van der Waals surface area contributed by atoms with Gasteiger partial charge in [-0.3, -0.25) is 4.72 Å². The summed E-state index contributed by atoms with van der Waals surface area (Å²) in [6, 6.07) is 7.55. The number of halogens is 2. The molecule has 0 aliphatic carbocycles. The maximum atomic E-state index is 13.2. The zero-order chi connectivity index (χ0) is 15.6. The van der Waals surface area contributed by atoms with Crippen molar-refractivity contribution in [3.8, 4) is 5.75 Å². The van der Waals surface area contributed by atoms with E-state index < -0.39 is 15.8 Å². The molecule has 0 unspecified atom stereocenters. The molecule has 2 rings (SSSR count). The van der Waals surface area contributed by atoms with Crippen LogP contribution < -0.4 is 15.2 Å². The number of rotatable bonds is 4. The minimum absolute atomic E-state index is 0.0910. The number of nitrogens with one attached hydrogen (secondary N) is 1. The van der Waals surface area contributed by atoms with Gasteiger partial charge in [0.2, 0.25) is 0 Å². The van der Waals surface area contributed by atoms with Crippen molar-refractivity contribution in [1.29, 1.82) is 0 Å². The van der Waals surface area contributed by atoms with Crippen molar-refractivity contribution in [3.63, 3.8) is 0 Å². The summed E-state index contributed by atoms with van der Waals surface area (Å²) >= 11 is 5.81. The summed E-state index contributed by atoms with van der Waals surface area (Å²) in [6.45, 7) is 0. The number of anilines is 2. The molecule has 0 aliphatic heterocycles. The molecule has 112 valence electrons. The molecular weight excluding hydrogens is 319 g/mol. The molecule has 0 bridgehead atoms. The number of ether oxygens (including phenoxy) is 1. The first-order valence-electron chi connectivity index (χ1n) is 5.75. The van der Waals surface area contributed by atoms with Crippen molar-refractivity contribution in [2.45, 2.75) is 4.90 Å². The van der Waals surface area contributed by atoms with Crippen LogP contribution in [0.3, 0.4) is 0 Å². The summed E-state index contributed by atoms with van der Waals surface area (Å²) < 4.78 is 45.1. The van der Waals surface area contributed by atoms with Gasteiger partial charge in [-0.2, -0.15) is 0 Å². The maximum absolute atomic E-state index is 13.2. The van der Waals surface area contributed by atoms with Gasteiger partial charge in [0.05, 0.1) is 17.8 Å². The molecule has 0 heterocycles. The molecule has 0 aromatic heterocycles. The fourth-order valence-electron chi connectivity index (χ4n) is 1.69. The van der Waals surface area contributed by atoms with Crippen LogP contribution in [-0.2, 0) is 10.0 Å². The third-order valence-electron chi connectivity index (χ3n) is 2.65. The number of hydrogen-bond donors (Lipinski definition) is 2. The molecule has 0 saturated carbocycles. The van der Waals surface area contributed by atoms with E-state index in [1.165, 1.54) is 25.3 Å². The van der Waals surface area contributed by atoms with Gasteiger partial charge in [0.1, 0.15) is 16.5 Å². The minimum atomic E-state index is -4.07. The number of nitrogens with two attached hydrogens (primary N) is 1. The second kappa shape index (κ2) is 5.79. The fourth-order valence-corrected chi connectivity index (χ4v) is 3.26. The Morgan fingerprint density at radius 1 is 1.24 bits per heavy atom. The van der Waals surface area contributed by atoms with E-state index in [-0.39, 0.29) is 21.4 Å². The Balaban J connectivity index is 2.47. The van der Waals surface area contributed by atoms with Crippen molar-refractivity contribution < 1.29 is 17.5 Å². The lowest BCUT2D eigenvalue weighted by Gasteiger charge is -2.13. The predicted octanol–water partition coefficient (Wildman–Crippen LogP) is 2.87. The van der Waals surface area contributed by atoms with E-state index in [1.807, 2.05) is 0 Å². The highest BCUT2D eigenvalue weighted by atomic mass is 35.5. The summed E-state index contributed by atoms with van der Waals surface area (Å²) in [5.74, 6) is -0.431. The van der Waals surface area contributed by atoms with Crippen molar-refractivity contribution in [2.75, 3.05) is 17.6 Å². The quantitative estimate of drug-likeness (QED) is 0.845. The molecule has 0 atom stereocenters. The van der Waals surface area contributed by atoms with Crippen molar-refractivity contribution in [2.24, 2.45) is 0 Å². The van der Waals surface area contributed by atoms with E-state index in [1.54, 1.807) is 6.07 Å². The molecular formula is C13H12ClFN2O3S. The van der Waals surface area contributed by atoms with Crippen LogP contribution in [0.4, 0.5) is 15.8 Å². The summed E-state index contributed by atoms with van der Waals surface area (Å²) in [5, 5.41) is -0.0910. The third-order valence-corrected chi connectivity index (χ3v) is 4.50. The molecule has 3 N–H and O–H groups in total. The largest absolute Gasteiger partial charge is 0.495 e. The Hall–Kier alpha value is -1.99. The summed E-state index contributed by atoms with van der Waals surface area (Å²) in [6.07, 6.45) is 0. The molecule has 0 spiro atoms. The molecule has 5 nitrogen and oxygen atoms in total. The first kappa shape index (κ1) is 15.4. The second-order valence-corrected chi connectivity index (χ2v) is 6.20. The molecule has 0 saturated heterocycles. The first-order chi connectivity index (χ1) is 9.83. The van der Waals surface area contributed by atoms with Crippen LogP contribution in [0.5, 0.6) is 5.75 Å². The highest BCUT2D eigenvalue weighted by Crippen LogP contribution is 2.30. The van der Waals surface area contributed by atoms with Gasteiger partial charge in [0, 0.05) is 5.69 Å². The Morgan fingerprint density at radius 3 is 2.62 bits per heavy atom. The van der Waals surface area contributed by atoms with Gasteiger partial charge in [-0.1, -0.05) is 11.6 Å². The Morgan fingerprint density at radius 2 is 1.95 bits per heavy atom.